The van der Waals surface area contributed by atoms with Crippen molar-refractivity contribution in [2.24, 2.45) is 0 Å². The predicted octanol–water partition coefficient (Wildman–Crippen LogP) is 13.1. The molecular weight excluding hydrogens is 637 g/mol. The molecule has 1 aliphatic rings. The van der Waals surface area contributed by atoms with Gasteiger partial charge in [-0.3, -0.25) is 0 Å². The fraction of sp³-hybridized carbons (Fsp3) is 0.167. The van der Waals surface area contributed by atoms with Crippen molar-refractivity contribution in [3.63, 3.8) is 0 Å². The van der Waals surface area contributed by atoms with Gasteiger partial charge in [0, 0.05) is 27.5 Å². The third-order valence-electron chi connectivity index (χ3n) is 11.2. The van der Waals surface area contributed by atoms with E-state index >= 15 is 0 Å². The standard InChI is InChI=1S/C48H42N2O2/c1-31-28-41(49(33-16-8-6-9-17-33)39-20-12-14-22-43(39)51-4)37-30-38-45-32(26-27-48(38,2)3)29-42(36-25-24-35(31)46(37)47(36)45)50(34-18-10-7-11-19-34)40-21-13-15-23-44(40)52-5/h6-25,28-30H,26-27H2,1-5H3. The Morgan fingerprint density at radius 2 is 1.02 bits per heavy atom. The number of hydrogen-bond acceptors (Lipinski definition) is 4. The van der Waals surface area contributed by atoms with Gasteiger partial charge < -0.3 is 19.3 Å². The Labute approximate surface area is 305 Å². The molecule has 0 aliphatic heterocycles. The van der Waals surface area contributed by atoms with Crippen LogP contribution in [0, 0.1) is 6.92 Å². The molecule has 0 bridgehead atoms. The number of aryl methyl sites for hydroxylation is 2. The van der Waals surface area contributed by atoms with Gasteiger partial charge >= 0.3 is 0 Å². The zero-order valence-electron chi connectivity index (χ0n) is 30.4. The SMILES string of the molecule is COc1ccccc1N(c1ccccc1)c1cc(C)c2ccc3c(N(c4ccccc4)c4ccccc4OC)cc4c5c(cc1c2c35)C(C)(C)CC4. The summed E-state index contributed by atoms with van der Waals surface area (Å²) in [4.78, 5) is 4.77. The number of benzene rings is 8. The van der Waals surface area contributed by atoms with Crippen LogP contribution in [0.5, 0.6) is 11.5 Å². The fourth-order valence-electron chi connectivity index (χ4n) is 8.60. The van der Waals surface area contributed by atoms with E-state index in [1.165, 1.54) is 49.0 Å². The van der Waals surface area contributed by atoms with Crippen LogP contribution in [0.2, 0.25) is 0 Å². The first kappa shape index (κ1) is 31.9. The van der Waals surface area contributed by atoms with Crippen molar-refractivity contribution in [2.45, 2.75) is 39.0 Å². The first-order chi connectivity index (χ1) is 25.4. The van der Waals surface area contributed by atoms with E-state index in [1.54, 1.807) is 14.2 Å². The van der Waals surface area contributed by atoms with Crippen molar-refractivity contribution in [2.75, 3.05) is 24.0 Å². The lowest BCUT2D eigenvalue weighted by Gasteiger charge is -2.37. The van der Waals surface area contributed by atoms with Gasteiger partial charge in [0.25, 0.3) is 0 Å². The molecule has 256 valence electrons. The molecule has 9 rings (SSSR count). The van der Waals surface area contributed by atoms with E-state index in [2.05, 4.69) is 158 Å². The highest BCUT2D eigenvalue weighted by atomic mass is 16.5. The van der Waals surface area contributed by atoms with Gasteiger partial charge in [-0.25, -0.2) is 0 Å². The monoisotopic (exact) mass is 678 g/mol. The number of nitrogens with zero attached hydrogens (tertiary/aromatic N) is 2. The van der Waals surface area contributed by atoms with Crippen LogP contribution in [0.3, 0.4) is 0 Å². The molecule has 0 N–H and O–H groups in total. The molecular formula is C48H42N2O2. The maximum absolute atomic E-state index is 6.02. The van der Waals surface area contributed by atoms with E-state index in [9.17, 15) is 0 Å². The largest absolute Gasteiger partial charge is 0.495 e. The van der Waals surface area contributed by atoms with E-state index in [-0.39, 0.29) is 5.41 Å². The molecule has 0 amide bonds. The molecule has 0 heterocycles. The summed E-state index contributed by atoms with van der Waals surface area (Å²) in [6.07, 6.45) is 2.08. The maximum atomic E-state index is 6.02. The van der Waals surface area contributed by atoms with E-state index in [4.69, 9.17) is 9.47 Å². The topological polar surface area (TPSA) is 24.9 Å². The second kappa shape index (κ2) is 12.3. The van der Waals surface area contributed by atoms with E-state index < -0.39 is 0 Å². The van der Waals surface area contributed by atoms with Gasteiger partial charge in [0.15, 0.2) is 0 Å². The van der Waals surface area contributed by atoms with Crippen molar-refractivity contribution < 1.29 is 9.47 Å². The minimum Gasteiger partial charge on any atom is -0.495 e. The van der Waals surface area contributed by atoms with Crippen LogP contribution in [0.15, 0.2) is 140 Å². The van der Waals surface area contributed by atoms with Crippen LogP contribution in [-0.4, -0.2) is 14.2 Å². The van der Waals surface area contributed by atoms with Crippen LogP contribution in [-0.2, 0) is 11.8 Å². The average Bonchev–Trinajstić information content (AvgIpc) is 3.18. The molecule has 0 radical (unpaired) electrons. The molecule has 0 saturated carbocycles. The summed E-state index contributed by atoms with van der Waals surface area (Å²) in [5.74, 6) is 1.66. The van der Waals surface area contributed by atoms with Crippen molar-refractivity contribution in [1.29, 1.82) is 0 Å². The average molecular weight is 679 g/mol. The molecule has 4 nitrogen and oxygen atoms in total. The van der Waals surface area contributed by atoms with Crippen LogP contribution in [0.4, 0.5) is 34.1 Å². The highest BCUT2D eigenvalue weighted by molar-refractivity contribution is 6.30. The molecule has 8 aromatic carbocycles. The number of hydrogen-bond donors (Lipinski definition) is 0. The quantitative estimate of drug-likeness (QED) is 0.149. The number of methoxy groups -OCH3 is 2. The number of rotatable bonds is 8. The predicted molar refractivity (Wildman–Crippen MR) is 219 cm³/mol. The zero-order valence-corrected chi connectivity index (χ0v) is 30.4. The van der Waals surface area contributed by atoms with E-state index in [0.717, 1.165) is 58.5 Å². The number of para-hydroxylation sites is 6. The molecule has 1 aliphatic carbocycles. The van der Waals surface area contributed by atoms with Gasteiger partial charge in [0.1, 0.15) is 11.5 Å². The Morgan fingerprint density at radius 3 is 1.60 bits per heavy atom. The summed E-state index contributed by atoms with van der Waals surface area (Å²) in [6.45, 7) is 7.09. The van der Waals surface area contributed by atoms with Gasteiger partial charge in [-0.2, -0.15) is 0 Å². The van der Waals surface area contributed by atoms with Crippen LogP contribution < -0.4 is 19.3 Å². The summed E-state index contributed by atoms with van der Waals surface area (Å²) in [7, 11) is 3.52. The van der Waals surface area contributed by atoms with Crippen LogP contribution in [0.1, 0.15) is 37.0 Å². The summed E-state index contributed by atoms with van der Waals surface area (Å²) < 4.78 is 12.0. The number of anilines is 6. The second-order valence-corrected chi connectivity index (χ2v) is 14.6. The molecule has 0 spiro atoms. The fourth-order valence-corrected chi connectivity index (χ4v) is 8.60. The summed E-state index contributed by atoms with van der Waals surface area (Å²) >= 11 is 0. The van der Waals surface area contributed by atoms with Gasteiger partial charge in [-0.1, -0.05) is 86.6 Å². The molecule has 52 heavy (non-hydrogen) atoms. The van der Waals surface area contributed by atoms with Crippen molar-refractivity contribution in [1.82, 2.24) is 0 Å². The zero-order chi connectivity index (χ0) is 35.6. The first-order valence-electron chi connectivity index (χ1n) is 18.1. The summed E-state index contributed by atoms with van der Waals surface area (Å²) in [5.41, 5.74) is 10.5. The maximum Gasteiger partial charge on any atom is 0.142 e. The Hall–Kier alpha value is -6.00. The summed E-state index contributed by atoms with van der Waals surface area (Å²) in [5, 5.41) is 7.79. The Kier molecular flexibility index (Phi) is 7.58. The highest BCUT2D eigenvalue weighted by Gasteiger charge is 2.34. The van der Waals surface area contributed by atoms with Gasteiger partial charge in [-0.15, -0.1) is 0 Å². The lowest BCUT2D eigenvalue weighted by Crippen LogP contribution is -2.24. The molecule has 8 aromatic rings. The second-order valence-electron chi connectivity index (χ2n) is 14.6. The first-order valence-corrected chi connectivity index (χ1v) is 18.1. The van der Waals surface area contributed by atoms with Crippen LogP contribution in [0.25, 0.3) is 32.3 Å². The highest BCUT2D eigenvalue weighted by Crippen LogP contribution is 2.54. The molecule has 0 fully saturated rings. The Bertz CT molecular complexity index is 2590. The molecule has 4 heteroatoms. The molecule has 0 aromatic heterocycles. The molecule has 0 atom stereocenters. The third kappa shape index (κ3) is 4.89. The third-order valence-corrected chi connectivity index (χ3v) is 11.2. The summed E-state index contributed by atoms with van der Waals surface area (Å²) in [6, 6.07) is 50.1. The normalized spacial score (nSPS) is 13.5. The Morgan fingerprint density at radius 1 is 0.500 bits per heavy atom. The minimum atomic E-state index is -0.00671. The van der Waals surface area contributed by atoms with Crippen molar-refractivity contribution in [3.8, 4) is 11.5 Å². The smallest absolute Gasteiger partial charge is 0.142 e. The van der Waals surface area contributed by atoms with Crippen LogP contribution >= 0.6 is 0 Å². The van der Waals surface area contributed by atoms with Crippen molar-refractivity contribution in [3.05, 3.63) is 156 Å². The minimum absolute atomic E-state index is 0.00671. The number of ether oxygens (including phenoxy) is 2. The van der Waals surface area contributed by atoms with Gasteiger partial charge in [-0.05, 0) is 125 Å². The van der Waals surface area contributed by atoms with Gasteiger partial charge in [0.05, 0.1) is 37.0 Å². The van der Waals surface area contributed by atoms with E-state index in [0.29, 0.717) is 0 Å². The lowest BCUT2D eigenvalue weighted by molar-refractivity contribution is 0.416. The molecule has 0 saturated heterocycles. The van der Waals surface area contributed by atoms with E-state index in [1.807, 2.05) is 12.1 Å². The van der Waals surface area contributed by atoms with Crippen molar-refractivity contribution >= 4 is 66.4 Å². The lowest BCUT2D eigenvalue weighted by atomic mass is 9.70. The molecule has 0 unspecified atom stereocenters. The van der Waals surface area contributed by atoms with Gasteiger partial charge in [0.2, 0.25) is 0 Å². The Balaban J connectivity index is 1.45.